The zero-order valence-corrected chi connectivity index (χ0v) is 11.1. The maximum atomic E-state index is 9.67. The van der Waals surface area contributed by atoms with E-state index in [0.29, 0.717) is 11.9 Å². The number of hydrogen-bond donors (Lipinski definition) is 2. The van der Waals surface area contributed by atoms with Crippen molar-refractivity contribution in [3.05, 3.63) is 22.8 Å². The first-order valence-electron chi connectivity index (χ1n) is 6.10. The zero-order chi connectivity index (χ0) is 13.0. The van der Waals surface area contributed by atoms with Crippen LogP contribution in [0.3, 0.4) is 0 Å². The standard InChI is InChI=1S/C12H16O2.C2H6O/c1-7-6-11(13)9(3)10-5-4-8(2)14-12(7)10;1-2-3/h6,8,13H,4-5H2,1-3H3;3H,2H2,1H3. The van der Waals surface area contributed by atoms with Gasteiger partial charge in [0.1, 0.15) is 11.5 Å². The summed E-state index contributed by atoms with van der Waals surface area (Å²) in [5.41, 5.74) is 3.19. The topological polar surface area (TPSA) is 49.7 Å². The average molecular weight is 238 g/mol. The van der Waals surface area contributed by atoms with Gasteiger partial charge in [-0.05, 0) is 57.7 Å². The van der Waals surface area contributed by atoms with Gasteiger partial charge in [0.15, 0.2) is 0 Å². The van der Waals surface area contributed by atoms with Gasteiger partial charge in [-0.3, -0.25) is 0 Å². The lowest BCUT2D eigenvalue weighted by molar-refractivity contribution is 0.190. The van der Waals surface area contributed by atoms with Crippen LogP contribution in [0.2, 0.25) is 0 Å². The molecule has 0 amide bonds. The Kier molecular flexibility index (Phi) is 4.82. The van der Waals surface area contributed by atoms with E-state index in [1.54, 1.807) is 13.0 Å². The van der Waals surface area contributed by atoms with E-state index in [0.717, 1.165) is 29.7 Å². The highest BCUT2D eigenvalue weighted by molar-refractivity contribution is 5.53. The van der Waals surface area contributed by atoms with Crippen molar-refractivity contribution in [3.8, 4) is 11.5 Å². The van der Waals surface area contributed by atoms with Gasteiger partial charge >= 0.3 is 0 Å². The van der Waals surface area contributed by atoms with E-state index in [2.05, 4.69) is 6.92 Å². The van der Waals surface area contributed by atoms with Crippen LogP contribution in [0.1, 0.15) is 37.0 Å². The molecule has 1 atom stereocenters. The molecule has 0 radical (unpaired) electrons. The fraction of sp³-hybridized carbons (Fsp3) is 0.571. The number of fused-ring (bicyclic) bond motifs is 1. The zero-order valence-electron chi connectivity index (χ0n) is 11.1. The fourth-order valence-corrected chi connectivity index (χ4v) is 2.01. The maximum absolute atomic E-state index is 9.67. The number of phenolic OH excluding ortho intramolecular Hbond substituents is 1. The van der Waals surface area contributed by atoms with Crippen molar-refractivity contribution >= 4 is 0 Å². The number of ether oxygens (including phenoxy) is 1. The van der Waals surface area contributed by atoms with Crippen LogP contribution in [0.25, 0.3) is 0 Å². The summed E-state index contributed by atoms with van der Waals surface area (Å²) >= 11 is 0. The quantitative estimate of drug-likeness (QED) is 0.730. The predicted octanol–water partition coefficient (Wildman–Crippen LogP) is 2.72. The first-order chi connectivity index (χ1) is 8.01. The first-order valence-corrected chi connectivity index (χ1v) is 6.10. The van der Waals surface area contributed by atoms with E-state index in [1.165, 1.54) is 5.56 Å². The van der Waals surface area contributed by atoms with Crippen LogP contribution < -0.4 is 4.74 Å². The Morgan fingerprint density at radius 2 is 2.00 bits per heavy atom. The van der Waals surface area contributed by atoms with Crippen LogP contribution in [0, 0.1) is 13.8 Å². The molecule has 0 spiro atoms. The molecular formula is C14H22O3. The second-order valence-corrected chi connectivity index (χ2v) is 4.43. The number of aliphatic hydroxyl groups excluding tert-OH is 1. The summed E-state index contributed by atoms with van der Waals surface area (Å²) in [4.78, 5) is 0. The molecule has 17 heavy (non-hydrogen) atoms. The lowest BCUT2D eigenvalue weighted by atomic mass is 9.95. The molecule has 1 heterocycles. The highest BCUT2D eigenvalue weighted by Crippen LogP contribution is 2.37. The Hall–Kier alpha value is -1.22. The van der Waals surface area contributed by atoms with Crippen LogP contribution >= 0.6 is 0 Å². The Morgan fingerprint density at radius 1 is 1.41 bits per heavy atom. The van der Waals surface area contributed by atoms with Crippen molar-refractivity contribution < 1.29 is 14.9 Å². The largest absolute Gasteiger partial charge is 0.508 e. The van der Waals surface area contributed by atoms with E-state index in [4.69, 9.17) is 9.84 Å². The minimum absolute atomic E-state index is 0.250. The Morgan fingerprint density at radius 3 is 2.59 bits per heavy atom. The Labute approximate surface area is 103 Å². The van der Waals surface area contributed by atoms with Gasteiger partial charge in [0.2, 0.25) is 0 Å². The monoisotopic (exact) mass is 238 g/mol. The van der Waals surface area contributed by atoms with E-state index >= 15 is 0 Å². The molecule has 0 saturated heterocycles. The number of rotatable bonds is 0. The van der Waals surface area contributed by atoms with Gasteiger partial charge in [-0.1, -0.05) is 0 Å². The summed E-state index contributed by atoms with van der Waals surface area (Å²) in [5, 5.41) is 17.2. The number of aromatic hydroxyl groups is 1. The minimum atomic E-state index is 0.250. The third kappa shape index (κ3) is 3.13. The molecule has 0 fully saturated rings. The van der Waals surface area contributed by atoms with Gasteiger partial charge in [0.25, 0.3) is 0 Å². The first kappa shape index (κ1) is 13.8. The van der Waals surface area contributed by atoms with Crippen LogP contribution in [-0.4, -0.2) is 22.9 Å². The lowest BCUT2D eigenvalue weighted by Gasteiger charge is -2.26. The highest BCUT2D eigenvalue weighted by atomic mass is 16.5. The van der Waals surface area contributed by atoms with E-state index < -0.39 is 0 Å². The van der Waals surface area contributed by atoms with Gasteiger partial charge in [0, 0.05) is 12.2 Å². The molecule has 3 heteroatoms. The summed E-state index contributed by atoms with van der Waals surface area (Å²) in [7, 11) is 0. The van der Waals surface area contributed by atoms with Gasteiger partial charge in [-0.25, -0.2) is 0 Å². The third-order valence-corrected chi connectivity index (χ3v) is 2.94. The second-order valence-electron chi connectivity index (χ2n) is 4.43. The summed E-state index contributed by atoms with van der Waals surface area (Å²) in [6.45, 7) is 7.95. The van der Waals surface area contributed by atoms with Crippen LogP contribution in [0.15, 0.2) is 6.07 Å². The van der Waals surface area contributed by atoms with Crippen LogP contribution in [-0.2, 0) is 6.42 Å². The second kappa shape index (κ2) is 5.92. The fourth-order valence-electron chi connectivity index (χ4n) is 2.01. The van der Waals surface area contributed by atoms with Crippen LogP contribution in [0.4, 0.5) is 0 Å². The molecule has 0 saturated carbocycles. The molecule has 0 bridgehead atoms. The van der Waals surface area contributed by atoms with Gasteiger partial charge < -0.3 is 14.9 Å². The van der Waals surface area contributed by atoms with Gasteiger partial charge in [-0.15, -0.1) is 0 Å². The average Bonchev–Trinajstić information content (AvgIpc) is 2.27. The van der Waals surface area contributed by atoms with Crippen molar-refractivity contribution in [2.24, 2.45) is 0 Å². The number of aliphatic hydroxyl groups is 1. The van der Waals surface area contributed by atoms with Crippen LogP contribution in [0.5, 0.6) is 11.5 Å². The number of phenols is 1. The molecule has 1 aliphatic heterocycles. The normalized spacial score (nSPS) is 17.6. The van der Waals surface area contributed by atoms with Crippen molar-refractivity contribution in [1.29, 1.82) is 0 Å². The van der Waals surface area contributed by atoms with E-state index in [-0.39, 0.29) is 6.61 Å². The number of aryl methyl sites for hydroxylation is 1. The molecule has 96 valence electrons. The SMILES string of the molecule is CCO.Cc1cc(O)c(C)c2c1OC(C)CC2. The predicted molar refractivity (Wildman–Crippen MR) is 68.8 cm³/mol. The molecule has 0 aliphatic carbocycles. The van der Waals surface area contributed by atoms with Gasteiger partial charge in [-0.2, -0.15) is 0 Å². The number of hydrogen-bond acceptors (Lipinski definition) is 3. The van der Waals surface area contributed by atoms with E-state index in [1.807, 2.05) is 13.8 Å². The molecule has 1 aliphatic rings. The van der Waals surface area contributed by atoms with Crippen molar-refractivity contribution in [1.82, 2.24) is 0 Å². The molecule has 2 N–H and O–H groups in total. The molecule has 1 aromatic rings. The molecule has 2 rings (SSSR count). The summed E-state index contributed by atoms with van der Waals surface area (Å²) in [6, 6.07) is 1.78. The molecule has 1 aromatic carbocycles. The summed E-state index contributed by atoms with van der Waals surface area (Å²) in [6.07, 6.45) is 2.35. The van der Waals surface area contributed by atoms with Crippen molar-refractivity contribution in [3.63, 3.8) is 0 Å². The summed E-state index contributed by atoms with van der Waals surface area (Å²) < 4.78 is 5.79. The Balaban J connectivity index is 0.000000437. The Bertz CT molecular complexity index is 386. The molecule has 0 aromatic heterocycles. The smallest absolute Gasteiger partial charge is 0.126 e. The molecule has 3 nitrogen and oxygen atoms in total. The minimum Gasteiger partial charge on any atom is -0.508 e. The maximum Gasteiger partial charge on any atom is 0.126 e. The van der Waals surface area contributed by atoms with E-state index in [9.17, 15) is 5.11 Å². The molecule has 1 unspecified atom stereocenters. The number of benzene rings is 1. The van der Waals surface area contributed by atoms with Crippen molar-refractivity contribution in [2.45, 2.75) is 46.6 Å². The van der Waals surface area contributed by atoms with Crippen molar-refractivity contribution in [2.75, 3.05) is 6.61 Å². The molecular weight excluding hydrogens is 216 g/mol. The third-order valence-electron chi connectivity index (χ3n) is 2.94. The summed E-state index contributed by atoms with van der Waals surface area (Å²) in [5.74, 6) is 1.37. The highest BCUT2D eigenvalue weighted by Gasteiger charge is 2.21. The van der Waals surface area contributed by atoms with Gasteiger partial charge in [0.05, 0.1) is 6.10 Å². The lowest BCUT2D eigenvalue weighted by Crippen LogP contribution is -2.20.